The molecule has 0 saturated heterocycles. The van der Waals surface area contributed by atoms with Crippen LogP contribution in [0.5, 0.6) is 11.5 Å². The van der Waals surface area contributed by atoms with E-state index in [2.05, 4.69) is 0 Å². The van der Waals surface area contributed by atoms with Crippen molar-refractivity contribution in [2.75, 3.05) is 0 Å². The second kappa shape index (κ2) is 5.18. The Morgan fingerprint density at radius 3 is 2.37 bits per heavy atom. The van der Waals surface area contributed by atoms with Gasteiger partial charge in [-0.15, -0.1) is 0 Å². The van der Waals surface area contributed by atoms with Crippen LogP contribution in [0.4, 0.5) is 5.69 Å². The van der Waals surface area contributed by atoms with Crippen molar-refractivity contribution >= 4 is 11.6 Å². The molecule has 0 heterocycles. The molecule has 0 radical (unpaired) electrons. The lowest BCUT2D eigenvalue weighted by Crippen LogP contribution is -2.13. The van der Waals surface area contributed by atoms with Gasteiger partial charge >= 0.3 is 0 Å². The van der Waals surface area contributed by atoms with Crippen LogP contribution in [0, 0.1) is 10.1 Å². The molecule has 6 nitrogen and oxygen atoms in total. The largest absolute Gasteiger partial charge is 0.457 e. The lowest BCUT2D eigenvalue weighted by atomic mass is 10.1. The molecule has 0 aliphatic heterocycles. The second-order valence-electron chi connectivity index (χ2n) is 3.72. The Morgan fingerprint density at radius 2 is 1.79 bits per heavy atom. The van der Waals surface area contributed by atoms with E-state index in [1.54, 1.807) is 24.3 Å². The van der Waals surface area contributed by atoms with Crippen molar-refractivity contribution < 1.29 is 14.5 Å². The third-order valence-electron chi connectivity index (χ3n) is 2.41. The number of carbonyl (C=O) groups is 1. The summed E-state index contributed by atoms with van der Waals surface area (Å²) in [7, 11) is 0. The molecule has 19 heavy (non-hydrogen) atoms. The monoisotopic (exact) mass is 258 g/mol. The van der Waals surface area contributed by atoms with Gasteiger partial charge in [-0.3, -0.25) is 14.9 Å². The van der Waals surface area contributed by atoms with E-state index in [4.69, 9.17) is 10.5 Å². The van der Waals surface area contributed by atoms with Gasteiger partial charge < -0.3 is 10.5 Å². The molecule has 0 unspecified atom stereocenters. The minimum absolute atomic E-state index is 0.182. The van der Waals surface area contributed by atoms with Gasteiger partial charge in [0.25, 0.3) is 11.6 Å². The molecule has 1 amide bonds. The molecular weight excluding hydrogens is 248 g/mol. The minimum Gasteiger partial charge on any atom is -0.457 e. The van der Waals surface area contributed by atoms with Crippen LogP contribution in [0.1, 0.15) is 10.4 Å². The molecule has 6 heteroatoms. The van der Waals surface area contributed by atoms with Gasteiger partial charge in [-0.05, 0) is 18.2 Å². The van der Waals surface area contributed by atoms with Gasteiger partial charge in [0, 0.05) is 12.1 Å². The first-order chi connectivity index (χ1) is 9.08. The predicted molar refractivity (Wildman–Crippen MR) is 68.1 cm³/mol. The predicted octanol–water partition coefficient (Wildman–Crippen LogP) is 2.49. The highest BCUT2D eigenvalue weighted by molar-refractivity contribution is 5.97. The number of nitrogens with two attached hydrogens (primary N) is 1. The summed E-state index contributed by atoms with van der Waals surface area (Å²) in [5.74, 6) is 0.00239. The van der Waals surface area contributed by atoms with Gasteiger partial charge in [-0.1, -0.05) is 18.2 Å². The van der Waals surface area contributed by atoms with Crippen molar-refractivity contribution in [3.05, 3.63) is 64.2 Å². The van der Waals surface area contributed by atoms with Gasteiger partial charge in [0.2, 0.25) is 0 Å². The van der Waals surface area contributed by atoms with Gasteiger partial charge in [0.05, 0.1) is 4.92 Å². The SMILES string of the molecule is NC(=O)c1cc(Oc2ccccc2)ccc1[N+](=O)[O-]. The fraction of sp³-hybridized carbons (Fsp3) is 0. The van der Waals surface area contributed by atoms with Crippen LogP contribution in [0.15, 0.2) is 48.5 Å². The van der Waals surface area contributed by atoms with Gasteiger partial charge in [-0.25, -0.2) is 0 Å². The summed E-state index contributed by atoms with van der Waals surface area (Å²) in [5, 5.41) is 10.8. The Hall–Kier alpha value is -2.89. The van der Waals surface area contributed by atoms with E-state index in [1.165, 1.54) is 18.2 Å². The van der Waals surface area contributed by atoms with Crippen molar-refractivity contribution in [1.82, 2.24) is 0 Å². The summed E-state index contributed by atoms with van der Waals surface area (Å²) in [4.78, 5) is 21.3. The van der Waals surface area contributed by atoms with Crippen LogP contribution in [0.3, 0.4) is 0 Å². The van der Waals surface area contributed by atoms with Crippen molar-refractivity contribution in [2.24, 2.45) is 5.73 Å². The number of primary amides is 1. The van der Waals surface area contributed by atoms with E-state index >= 15 is 0 Å². The number of nitro groups is 1. The molecule has 0 atom stereocenters. The molecule has 0 spiro atoms. The van der Waals surface area contributed by atoms with Crippen LogP contribution in [-0.2, 0) is 0 Å². The van der Waals surface area contributed by atoms with Crippen molar-refractivity contribution in [1.29, 1.82) is 0 Å². The molecule has 0 aliphatic carbocycles. The van der Waals surface area contributed by atoms with Gasteiger partial charge in [-0.2, -0.15) is 0 Å². The molecule has 2 aromatic carbocycles. The zero-order valence-corrected chi connectivity index (χ0v) is 9.78. The third-order valence-corrected chi connectivity index (χ3v) is 2.41. The minimum atomic E-state index is -0.870. The first-order valence-corrected chi connectivity index (χ1v) is 5.39. The summed E-state index contributed by atoms with van der Waals surface area (Å²) in [6, 6.07) is 12.7. The smallest absolute Gasteiger partial charge is 0.282 e. The summed E-state index contributed by atoms with van der Waals surface area (Å²) in [6.45, 7) is 0. The lowest BCUT2D eigenvalue weighted by Gasteiger charge is -2.06. The Labute approximate surface area is 108 Å². The highest BCUT2D eigenvalue weighted by Gasteiger charge is 2.19. The third kappa shape index (κ3) is 2.86. The van der Waals surface area contributed by atoms with E-state index in [0.29, 0.717) is 11.5 Å². The van der Waals surface area contributed by atoms with Crippen molar-refractivity contribution in [3.8, 4) is 11.5 Å². The highest BCUT2D eigenvalue weighted by atomic mass is 16.6. The normalized spacial score (nSPS) is 9.89. The average molecular weight is 258 g/mol. The Bertz CT molecular complexity index is 626. The molecule has 2 N–H and O–H groups in total. The lowest BCUT2D eigenvalue weighted by molar-refractivity contribution is -0.385. The zero-order valence-electron chi connectivity index (χ0n) is 9.78. The number of hydrogen-bond acceptors (Lipinski definition) is 4. The number of hydrogen-bond donors (Lipinski definition) is 1. The standard InChI is InChI=1S/C13H10N2O4/c14-13(16)11-8-10(6-7-12(11)15(17)18)19-9-4-2-1-3-5-9/h1-8H,(H2,14,16). The maximum atomic E-state index is 11.2. The molecular formula is C13H10N2O4. The zero-order chi connectivity index (χ0) is 13.8. The quantitative estimate of drug-likeness (QED) is 0.673. The molecule has 0 saturated carbocycles. The first kappa shape index (κ1) is 12.6. The maximum Gasteiger partial charge on any atom is 0.282 e. The fourth-order valence-corrected chi connectivity index (χ4v) is 1.56. The van der Waals surface area contributed by atoms with Crippen molar-refractivity contribution in [3.63, 3.8) is 0 Å². The molecule has 2 rings (SSSR count). The van der Waals surface area contributed by atoms with E-state index in [9.17, 15) is 14.9 Å². The number of para-hydroxylation sites is 1. The first-order valence-electron chi connectivity index (χ1n) is 5.39. The van der Waals surface area contributed by atoms with Crippen LogP contribution in [0.2, 0.25) is 0 Å². The molecule has 0 fully saturated rings. The molecule has 0 aromatic heterocycles. The Kier molecular flexibility index (Phi) is 3.42. The van der Waals surface area contributed by atoms with Crippen molar-refractivity contribution in [2.45, 2.75) is 0 Å². The summed E-state index contributed by atoms with van der Waals surface area (Å²) < 4.78 is 5.47. The fourth-order valence-electron chi connectivity index (χ4n) is 1.56. The molecule has 0 bridgehead atoms. The van der Waals surface area contributed by atoms with Crippen LogP contribution in [-0.4, -0.2) is 10.8 Å². The number of carbonyl (C=O) groups excluding carboxylic acids is 1. The number of nitrogens with zero attached hydrogens (tertiary/aromatic N) is 1. The number of benzene rings is 2. The van der Waals surface area contributed by atoms with Crippen LogP contribution < -0.4 is 10.5 Å². The number of ether oxygens (including phenoxy) is 1. The van der Waals surface area contributed by atoms with E-state index in [0.717, 1.165) is 0 Å². The molecule has 0 aliphatic rings. The number of amides is 1. The average Bonchev–Trinajstić information content (AvgIpc) is 2.39. The Balaban J connectivity index is 2.36. The topological polar surface area (TPSA) is 95.5 Å². The van der Waals surface area contributed by atoms with E-state index < -0.39 is 10.8 Å². The number of nitro benzene ring substituents is 1. The maximum absolute atomic E-state index is 11.2. The molecule has 2 aromatic rings. The van der Waals surface area contributed by atoms with Gasteiger partial charge in [0.1, 0.15) is 17.1 Å². The summed E-state index contributed by atoms with van der Waals surface area (Å²) in [6.07, 6.45) is 0. The van der Waals surface area contributed by atoms with E-state index in [1.807, 2.05) is 6.07 Å². The summed E-state index contributed by atoms with van der Waals surface area (Å²) in [5.41, 5.74) is 4.59. The van der Waals surface area contributed by atoms with Crippen LogP contribution >= 0.6 is 0 Å². The molecule has 96 valence electrons. The Morgan fingerprint density at radius 1 is 1.11 bits per heavy atom. The van der Waals surface area contributed by atoms with Gasteiger partial charge in [0.15, 0.2) is 0 Å². The van der Waals surface area contributed by atoms with E-state index in [-0.39, 0.29) is 11.3 Å². The second-order valence-corrected chi connectivity index (χ2v) is 3.72. The van der Waals surface area contributed by atoms with Crippen LogP contribution in [0.25, 0.3) is 0 Å². The highest BCUT2D eigenvalue weighted by Crippen LogP contribution is 2.27. The number of rotatable bonds is 4. The summed E-state index contributed by atoms with van der Waals surface area (Å²) >= 11 is 0.